The van der Waals surface area contributed by atoms with Crippen LogP contribution in [0.2, 0.25) is 0 Å². The summed E-state index contributed by atoms with van der Waals surface area (Å²) in [5.74, 6) is -0.267. The largest absolute Gasteiger partial charge is 0.443 e. The van der Waals surface area contributed by atoms with E-state index in [-0.39, 0.29) is 12.2 Å². The number of nitrogens with zero attached hydrogens (tertiary/aromatic N) is 1. The summed E-state index contributed by atoms with van der Waals surface area (Å²) in [5, 5.41) is 0. The van der Waals surface area contributed by atoms with Crippen LogP contribution >= 0.6 is 0 Å². The molecule has 0 amide bonds. The molecule has 3 heteroatoms. The number of carbonyl (C=O) groups is 1. The molecule has 3 nitrogen and oxygen atoms in total. The van der Waals surface area contributed by atoms with Gasteiger partial charge >= 0.3 is 5.97 Å². The molecular weight excluding hydrogens is 238 g/mol. The molecule has 0 aliphatic rings. The normalized spacial score (nSPS) is 12.5. The first-order valence-corrected chi connectivity index (χ1v) is 7.67. The molecule has 0 spiro atoms. The minimum atomic E-state index is -0.267. The summed E-state index contributed by atoms with van der Waals surface area (Å²) >= 11 is 0. The first kappa shape index (κ1) is 18.2. The first-order chi connectivity index (χ1) is 9.06. The maximum Gasteiger partial charge on any atom is 0.334 e. The maximum atomic E-state index is 11.7. The van der Waals surface area contributed by atoms with Crippen molar-refractivity contribution in [2.45, 2.75) is 72.4 Å². The molecule has 0 aliphatic heterocycles. The Hall–Kier alpha value is -0.830. The van der Waals surface area contributed by atoms with E-state index in [0.717, 1.165) is 51.6 Å². The molecule has 19 heavy (non-hydrogen) atoms. The minimum absolute atomic E-state index is 0.0905. The van der Waals surface area contributed by atoms with E-state index in [1.165, 1.54) is 0 Å². The molecule has 0 saturated heterocycles. The van der Waals surface area contributed by atoms with Gasteiger partial charge in [-0.1, -0.05) is 46.6 Å². The zero-order valence-electron chi connectivity index (χ0n) is 13.2. The zero-order valence-corrected chi connectivity index (χ0v) is 13.2. The van der Waals surface area contributed by atoms with Crippen molar-refractivity contribution < 1.29 is 9.53 Å². The summed E-state index contributed by atoms with van der Waals surface area (Å²) in [6.45, 7) is 13.9. The highest BCUT2D eigenvalue weighted by molar-refractivity contribution is 5.87. The van der Waals surface area contributed by atoms with Crippen LogP contribution < -0.4 is 0 Å². The lowest BCUT2D eigenvalue weighted by molar-refractivity contribution is -0.155. The highest BCUT2D eigenvalue weighted by atomic mass is 16.6. The molecule has 0 aromatic heterocycles. The Kier molecular flexibility index (Phi) is 10.6. The predicted octanol–water partition coefficient (Wildman–Crippen LogP) is 4.13. The Bertz CT molecular complexity index is 255. The van der Waals surface area contributed by atoms with Gasteiger partial charge in [-0.15, -0.1) is 0 Å². The number of rotatable bonds is 11. The topological polar surface area (TPSA) is 29.5 Å². The minimum Gasteiger partial charge on any atom is -0.443 e. The fraction of sp³-hybridized carbons (Fsp3) is 0.812. The number of hydrogen-bond donors (Lipinski definition) is 0. The summed E-state index contributed by atoms with van der Waals surface area (Å²) in [5.41, 5.74) is 0.479. The van der Waals surface area contributed by atoms with Crippen molar-refractivity contribution in [3.8, 4) is 0 Å². The van der Waals surface area contributed by atoms with Crippen LogP contribution in [-0.2, 0) is 9.53 Å². The molecule has 0 fully saturated rings. The van der Waals surface area contributed by atoms with Gasteiger partial charge in [-0.25, -0.2) is 4.79 Å². The molecule has 1 unspecified atom stereocenters. The third kappa shape index (κ3) is 8.04. The van der Waals surface area contributed by atoms with Gasteiger partial charge in [0.2, 0.25) is 0 Å². The van der Waals surface area contributed by atoms with Crippen molar-refractivity contribution >= 4 is 5.97 Å². The Labute approximate surface area is 119 Å². The Balaban J connectivity index is 4.61. The number of unbranched alkanes of at least 4 members (excludes halogenated alkanes) is 2. The highest BCUT2D eigenvalue weighted by Crippen LogP contribution is 2.13. The van der Waals surface area contributed by atoms with Crippen LogP contribution in [0, 0.1) is 0 Å². The summed E-state index contributed by atoms with van der Waals surface area (Å²) in [4.78, 5) is 14.0. The van der Waals surface area contributed by atoms with Crippen LogP contribution in [0.25, 0.3) is 0 Å². The van der Waals surface area contributed by atoms with Crippen molar-refractivity contribution in [3.63, 3.8) is 0 Å². The number of esters is 1. The summed E-state index contributed by atoms with van der Waals surface area (Å²) in [7, 11) is 0. The lowest BCUT2D eigenvalue weighted by Gasteiger charge is -2.31. The van der Waals surface area contributed by atoms with Crippen LogP contribution in [0.3, 0.4) is 0 Å². The van der Waals surface area contributed by atoms with Crippen LogP contribution in [-0.4, -0.2) is 30.2 Å². The van der Waals surface area contributed by atoms with E-state index in [1.807, 2.05) is 0 Å². The third-order valence-corrected chi connectivity index (χ3v) is 3.13. The van der Waals surface area contributed by atoms with Gasteiger partial charge in [0.15, 0.2) is 6.23 Å². The molecule has 0 aromatic carbocycles. The van der Waals surface area contributed by atoms with Crippen molar-refractivity contribution in [1.29, 1.82) is 0 Å². The van der Waals surface area contributed by atoms with E-state index >= 15 is 0 Å². The lowest BCUT2D eigenvalue weighted by atomic mass is 10.2. The zero-order chi connectivity index (χ0) is 14.7. The van der Waals surface area contributed by atoms with Gasteiger partial charge in [0.1, 0.15) is 0 Å². The average molecular weight is 269 g/mol. The standard InChI is InChI=1S/C16H31NO2/c1-6-9-12-17(13-10-7-2)15(11-8-3)19-16(18)14(4)5/h15H,4,6-13H2,1-3,5H3. The van der Waals surface area contributed by atoms with Crippen LogP contribution in [0.4, 0.5) is 0 Å². The summed E-state index contributed by atoms with van der Waals surface area (Å²) < 4.78 is 5.60. The SMILES string of the molecule is C=C(C)C(=O)OC(CCC)N(CCCC)CCCC. The van der Waals surface area contributed by atoms with E-state index < -0.39 is 0 Å². The molecule has 0 aliphatic carbocycles. The van der Waals surface area contributed by atoms with Crippen LogP contribution in [0.1, 0.15) is 66.2 Å². The maximum absolute atomic E-state index is 11.7. The fourth-order valence-corrected chi connectivity index (χ4v) is 1.91. The number of hydrogen-bond acceptors (Lipinski definition) is 3. The Morgan fingerprint density at radius 3 is 2.00 bits per heavy atom. The third-order valence-electron chi connectivity index (χ3n) is 3.13. The van der Waals surface area contributed by atoms with Gasteiger partial charge in [-0.2, -0.15) is 0 Å². The van der Waals surface area contributed by atoms with Gasteiger partial charge in [0, 0.05) is 18.7 Å². The van der Waals surface area contributed by atoms with Gasteiger partial charge in [0.05, 0.1) is 0 Å². The van der Waals surface area contributed by atoms with Crippen molar-refractivity contribution in [1.82, 2.24) is 4.90 Å². The number of ether oxygens (including phenoxy) is 1. The molecule has 0 saturated carbocycles. The molecule has 0 rings (SSSR count). The van der Waals surface area contributed by atoms with E-state index in [9.17, 15) is 4.79 Å². The predicted molar refractivity (Wildman–Crippen MR) is 81.0 cm³/mol. The molecule has 0 radical (unpaired) electrons. The molecule has 112 valence electrons. The second kappa shape index (κ2) is 11.0. The van der Waals surface area contributed by atoms with Crippen molar-refractivity contribution in [2.75, 3.05) is 13.1 Å². The van der Waals surface area contributed by atoms with E-state index in [1.54, 1.807) is 6.92 Å². The smallest absolute Gasteiger partial charge is 0.334 e. The average Bonchev–Trinajstić information content (AvgIpc) is 2.38. The van der Waals surface area contributed by atoms with Crippen LogP contribution in [0.5, 0.6) is 0 Å². The van der Waals surface area contributed by atoms with E-state index in [0.29, 0.717) is 5.57 Å². The van der Waals surface area contributed by atoms with Gasteiger partial charge < -0.3 is 4.74 Å². The second-order valence-electron chi connectivity index (χ2n) is 5.17. The van der Waals surface area contributed by atoms with Crippen molar-refractivity contribution in [2.24, 2.45) is 0 Å². The molecule has 0 heterocycles. The van der Waals surface area contributed by atoms with Crippen molar-refractivity contribution in [3.05, 3.63) is 12.2 Å². The summed E-state index contributed by atoms with van der Waals surface area (Å²) in [6, 6.07) is 0. The Morgan fingerprint density at radius 1 is 1.11 bits per heavy atom. The monoisotopic (exact) mass is 269 g/mol. The Morgan fingerprint density at radius 2 is 1.63 bits per heavy atom. The quantitative estimate of drug-likeness (QED) is 0.321. The van der Waals surface area contributed by atoms with Gasteiger partial charge in [-0.3, -0.25) is 4.90 Å². The highest BCUT2D eigenvalue weighted by Gasteiger charge is 2.21. The van der Waals surface area contributed by atoms with Crippen LogP contribution in [0.15, 0.2) is 12.2 Å². The van der Waals surface area contributed by atoms with Gasteiger partial charge in [-0.05, 0) is 26.2 Å². The molecule has 0 bridgehead atoms. The fourth-order valence-electron chi connectivity index (χ4n) is 1.91. The van der Waals surface area contributed by atoms with E-state index in [4.69, 9.17) is 4.74 Å². The molecular formula is C16H31NO2. The summed E-state index contributed by atoms with van der Waals surface area (Å²) in [6.07, 6.45) is 6.44. The molecule has 0 aromatic rings. The van der Waals surface area contributed by atoms with E-state index in [2.05, 4.69) is 32.3 Å². The lowest BCUT2D eigenvalue weighted by Crippen LogP contribution is -2.40. The first-order valence-electron chi connectivity index (χ1n) is 7.67. The molecule has 1 atom stereocenters. The van der Waals surface area contributed by atoms with Gasteiger partial charge in [0.25, 0.3) is 0 Å². The number of carbonyl (C=O) groups excluding carboxylic acids is 1. The second-order valence-corrected chi connectivity index (χ2v) is 5.17. The molecule has 0 N–H and O–H groups in total.